The first-order chi connectivity index (χ1) is 9.15. The summed E-state index contributed by atoms with van der Waals surface area (Å²) in [5.74, 6) is 0.418. The molecule has 5 heteroatoms. The number of benzene rings is 1. The largest absolute Gasteiger partial charge is 0.495 e. The van der Waals surface area contributed by atoms with Gasteiger partial charge in [-0.2, -0.15) is 0 Å². The smallest absolute Gasteiger partial charge is 0.272 e. The number of rotatable bonds is 4. The van der Waals surface area contributed by atoms with E-state index in [-0.39, 0.29) is 5.91 Å². The van der Waals surface area contributed by atoms with Gasteiger partial charge < -0.3 is 20.4 Å². The number of carbonyl (C=O) groups is 1. The summed E-state index contributed by atoms with van der Waals surface area (Å²) in [6, 6.07) is 8.93. The molecule has 0 fully saturated rings. The van der Waals surface area contributed by atoms with Crippen molar-refractivity contribution < 1.29 is 9.53 Å². The van der Waals surface area contributed by atoms with Crippen molar-refractivity contribution in [2.75, 3.05) is 18.2 Å². The van der Waals surface area contributed by atoms with Gasteiger partial charge in [0.1, 0.15) is 11.4 Å². The average molecular weight is 259 g/mol. The number of nitrogens with zero attached hydrogens (tertiary/aromatic N) is 1. The summed E-state index contributed by atoms with van der Waals surface area (Å²) in [6.07, 6.45) is 1.75. The lowest BCUT2D eigenvalue weighted by Gasteiger charge is -2.10. The Balaban J connectivity index is 2.25. The van der Waals surface area contributed by atoms with E-state index in [9.17, 15) is 4.79 Å². The fourth-order valence-corrected chi connectivity index (χ4v) is 1.92. The van der Waals surface area contributed by atoms with Crippen LogP contribution in [0.4, 0.5) is 11.4 Å². The number of methoxy groups -OCH3 is 1. The van der Waals surface area contributed by atoms with Gasteiger partial charge in [0, 0.05) is 12.7 Å². The molecule has 2 aromatic rings. The number of nitrogens with one attached hydrogen (secondary N) is 1. The van der Waals surface area contributed by atoms with Crippen LogP contribution in [0.2, 0.25) is 0 Å². The molecule has 0 saturated carbocycles. The number of carbonyl (C=O) groups excluding carboxylic acids is 1. The second-order valence-corrected chi connectivity index (χ2v) is 4.10. The maximum Gasteiger partial charge on any atom is 0.272 e. The molecular weight excluding hydrogens is 242 g/mol. The van der Waals surface area contributed by atoms with Crippen molar-refractivity contribution >= 4 is 17.3 Å². The quantitative estimate of drug-likeness (QED) is 0.885. The third kappa shape index (κ3) is 2.70. The van der Waals surface area contributed by atoms with E-state index in [1.807, 2.05) is 19.1 Å². The third-order valence-corrected chi connectivity index (χ3v) is 2.85. The predicted octanol–water partition coefficient (Wildman–Crippen LogP) is 2.35. The van der Waals surface area contributed by atoms with Crippen LogP contribution in [0.3, 0.4) is 0 Å². The molecule has 1 aromatic carbocycles. The van der Waals surface area contributed by atoms with Crippen molar-refractivity contribution in [2.24, 2.45) is 0 Å². The molecule has 0 spiro atoms. The summed E-state index contributed by atoms with van der Waals surface area (Å²) < 4.78 is 7.00. The molecule has 0 bridgehead atoms. The average Bonchev–Trinajstić information content (AvgIpc) is 2.80. The molecule has 100 valence electrons. The van der Waals surface area contributed by atoms with Gasteiger partial charge in [0.25, 0.3) is 5.91 Å². The highest BCUT2D eigenvalue weighted by Crippen LogP contribution is 2.24. The van der Waals surface area contributed by atoms with E-state index in [4.69, 9.17) is 10.5 Å². The van der Waals surface area contributed by atoms with Gasteiger partial charge in [0.15, 0.2) is 0 Å². The van der Waals surface area contributed by atoms with Gasteiger partial charge in [-0.05, 0) is 25.1 Å². The monoisotopic (exact) mass is 259 g/mol. The Kier molecular flexibility index (Phi) is 3.75. The molecule has 0 aliphatic rings. The minimum Gasteiger partial charge on any atom is -0.495 e. The lowest BCUT2D eigenvalue weighted by atomic mass is 10.2. The zero-order chi connectivity index (χ0) is 13.8. The van der Waals surface area contributed by atoms with Crippen molar-refractivity contribution in [3.63, 3.8) is 0 Å². The molecule has 0 aliphatic carbocycles. The standard InChI is InChI=1S/C14H17N3O2/c1-3-17-9-10(15)8-12(17)14(18)16-11-6-4-5-7-13(11)19-2/h4-9H,3,15H2,1-2H3,(H,16,18). The van der Waals surface area contributed by atoms with Crippen LogP contribution in [-0.4, -0.2) is 17.6 Å². The number of hydrogen-bond donors (Lipinski definition) is 2. The number of aromatic nitrogens is 1. The molecule has 0 saturated heterocycles. The van der Waals surface area contributed by atoms with E-state index in [2.05, 4.69) is 5.32 Å². The van der Waals surface area contributed by atoms with E-state index in [1.54, 1.807) is 36.1 Å². The molecule has 1 heterocycles. The highest BCUT2D eigenvalue weighted by Gasteiger charge is 2.13. The number of nitrogens with two attached hydrogens (primary N) is 1. The van der Waals surface area contributed by atoms with Crippen molar-refractivity contribution in [1.82, 2.24) is 4.57 Å². The van der Waals surface area contributed by atoms with Gasteiger partial charge in [0.2, 0.25) is 0 Å². The number of para-hydroxylation sites is 2. The maximum absolute atomic E-state index is 12.2. The van der Waals surface area contributed by atoms with E-state index in [1.165, 1.54) is 0 Å². The Labute approximate surface area is 112 Å². The molecule has 0 atom stereocenters. The number of anilines is 2. The van der Waals surface area contributed by atoms with Gasteiger partial charge in [-0.25, -0.2) is 0 Å². The van der Waals surface area contributed by atoms with E-state index in [0.717, 1.165) is 0 Å². The molecule has 2 rings (SSSR count). The topological polar surface area (TPSA) is 69.3 Å². The molecule has 1 aromatic heterocycles. The SMILES string of the molecule is CCn1cc(N)cc1C(=O)Nc1ccccc1OC. The lowest BCUT2D eigenvalue weighted by Crippen LogP contribution is -2.16. The Morgan fingerprint density at radius 3 is 2.84 bits per heavy atom. The summed E-state index contributed by atoms with van der Waals surface area (Å²) in [7, 11) is 1.57. The summed E-state index contributed by atoms with van der Waals surface area (Å²) in [5, 5.41) is 2.83. The molecule has 3 N–H and O–H groups in total. The van der Waals surface area contributed by atoms with Crippen LogP contribution in [0.25, 0.3) is 0 Å². The van der Waals surface area contributed by atoms with Crippen molar-refractivity contribution in [3.05, 3.63) is 42.2 Å². The van der Waals surface area contributed by atoms with Gasteiger partial charge in [-0.15, -0.1) is 0 Å². The van der Waals surface area contributed by atoms with Crippen LogP contribution in [0.1, 0.15) is 17.4 Å². The van der Waals surface area contributed by atoms with Gasteiger partial charge in [-0.3, -0.25) is 4.79 Å². The number of amides is 1. The molecule has 0 unspecified atom stereocenters. The van der Waals surface area contributed by atoms with Crippen LogP contribution in [0.5, 0.6) is 5.75 Å². The summed E-state index contributed by atoms with van der Waals surface area (Å²) in [4.78, 5) is 12.2. The van der Waals surface area contributed by atoms with Crippen LogP contribution >= 0.6 is 0 Å². The first kappa shape index (κ1) is 13.0. The Morgan fingerprint density at radius 1 is 1.42 bits per heavy atom. The fraction of sp³-hybridized carbons (Fsp3) is 0.214. The third-order valence-electron chi connectivity index (χ3n) is 2.85. The normalized spacial score (nSPS) is 10.2. The van der Waals surface area contributed by atoms with Crippen molar-refractivity contribution in [2.45, 2.75) is 13.5 Å². The zero-order valence-corrected chi connectivity index (χ0v) is 11.0. The molecule has 0 radical (unpaired) electrons. The van der Waals surface area contributed by atoms with Crippen molar-refractivity contribution in [1.29, 1.82) is 0 Å². The molecule has 5 nitrogen and oxygen atoms in total. The Hall–Kier alpha value is -2.43. The minimum atomic E-state index is -0.206. The number of nitrogen functional groups attached to an aromatic ring is 1. The van der Waals surface area contributed by atoms with Crippen LogP contribution in [0.15, 0.2) is 36.5 Å². The highest BCUT2D eigenvalue weighted by atomic mass is 16.5. The van der Waals surface area contributed by atoms with Gasteiger partial charge in [0.05, 0.1) is 18.5 Å². The first-order valence-corrected chi connectivity index (χ1v) is 6.05. The second-order valence-electron chi connectivity index (χ2n) is 4.10. The highest BCUT2D eigenvalue weighted by molar-refractivity contribution is 6.04. The van der Waals surface area contributed by atoms with Crippen molar-refractivity contribution in [3.8, 4) is 5.75 Å². The minimum absolute atomic E-state index is 0.206. The second kappa shape index (κ2) is 5.48. The number of hydrogen-bond acceptors (Lipinski definition) is 3. The summed E-state index contributed by atoms with van der Waals surface area (Å²) >= 11 is 0. The first-order valence-electron chi connectivity index (χ1n) is 6.05. The van der Waals surface area contributed by atoms with E-state index >= 15 is 0 Å². The molecule has 0 aliphatic heterocycles. The Morgan fingerprint density at radius 2 is 2.16 bits per heavy atom. The summed E-state index contributed by atoms with van der Waals surface area (Å²) in [5.41, 5.74) is 7.46. The predicted molar refractivity (Wildman–Crippen MR) is 75.5 cm³/mol. The fourth-order valence-electron chi connectivity index (χ4n) is 1.92. The van der Waals surface area contributed by atoms with E-state index in [0.29, 0.717) is 29.4 Å². The van der Waals surface area contributed by atoms with Crippen LogP contribution in [0, 0.1) is 0 Å². The molecule has 19 heavy (non-hydrogen) atoms. The molecular formula is C14H17N3O2. The van der Waals surface area contributed by atoms with Crippen LogP contribution < -0.4 is 15.8 Å². The maximum atomic E-state index is 12.2. The Bertz CT molecular complexity index is 590. The molecule has 1 amide bonds. The van der Waals surface area contributed by atoms with E-state index < -0.39 is 0 Å². The van der Waals surface area contributed by atoms with Crippen LogP contribution in [-0.2, 0) is 6.54 Å². The zero-order valence-electron chi connectivity index (χ0n) is 11.0. The number of ether oxygens (including phenoxy) is 1. The van der Waals surface area contributed by atoms with Gasteiger partial charge in [-0.1, -0.05) is 12.1 Å². The number of aryl methyl sites for hydroxylation is 1. The summed E-state index contributed by atoms with van der Waals surface area (Å²) in [6.45, 7) is 2.64. The lowest BCUT2D eigenvalue weighted by molar-refractivity contribution is 0.101. The van der Waals surface area contributed by atoms with Gasteiger partial charge >= 0.3 is 0 Å².